The fourth-order valence-corrected chi connectivity index (χ4v) is 5.73. The number of para-hydroxylation sites is 1. The summed E-state index contributed by atoms with van der Waals surface area (Å²) in [5.74, 6) is 1.06. The fourth-order valence-electron chi connectivity index (χ4n) is 4.52. The molecule has 0 aromatic heterocycles. The van der Waals surface area contributed by atoms with Crippen LogP contribution in [0.1, 0.15) is 37.3 Å². The van der Waals surface area contributed by atoms with E-state index in [9.17, 15) is 13.2 Å². The molecule has 0 amide bonds. The minimum absolute atomic E-state index is 0.0597. The molecular formula is C24H30N2O5S. The highest BCUT2D eigenvalue weighted by Crippen LogP contribution is 2.53. The molecule has 0 bridgehead atoms. The van der Waals surface area contributed by atoms with Gasteiger partial charge in [-0.05, 0) is 50.2 Å². The van der Waals surface area contributed by atoms with Crippen LogP contribution in [0.3, 0.4) is 0 Å². The highest BCUT2D eigenvalue weighted by molar-refractivity contribution is 7.92. The number of carbonyl (C=O) groups excluding carboxylic acids is 1. The van der Waals surface area contributed by atoms with Gasteiger partial charge in [0.2, 0.25) is 0 Å². The first-order chi connectivity index (χ1) is 15.3. The number of ketones is 1. The molecule has 0 aliphatic heterocycles. The largest absolute Gasteiger partial charge is 0.495 e. The molecule has 0 heterocycles. The molecule has 1 spiro atoms. The van der Waals surface area contributed by atoms with Crippen LogP contribution < -0.4 is 14.2 Å². The first-order valence-electron chi connectivity index (χ1n) is 11.0. The van der Waals surface area contributed by atoms with Crippen molar-refractivity contribution in [2.24, 2.45) is 0 Å². The quantitative estimate of drug-likeness (QED) is 0.620. The van der Waals surface area contributed by atoms with Crippen LogP contribution in [-0.4, -0.2) is 53.0 Å². The Labute approximate surface area is 189 Å². The molecule has 2 aromatic carbocycles. The van der Waals surface area contributed by atoms with Crippen molar-refractivity contribution in [2.45, 2.75) is 42.9 Å². The maximum absolute atomic E-state index is 13.1. The number of nitrogens with one attached hydrogen (secondary N) is 1. The summed E-state index contributed by atoms with van der Waals surface area (Å²) >= 11 is 0. The Balaban J connectivity index is 1.70. The molecule has 0 atom stereocenters. The number of carbonyl (C=O) groups is 1. The average molecular weight is 459 g/mol. The Morgan fingerprint density at radius 1 is 1.16 bits per heavy atom. The van der Waals surface area contributed by atoms with E-state index < -0.39 is 15.4 Å². The normalized spacial score (nSPS) is 16.7. The summed E-state index contributed by atoms with van der Waals surface area (Å²) in [5, 5.41) is 0. The van der Waals surface area contributed by atoms with Gasteiger partial charge in [0, 0.05) is 24.6 Å². The molecule has 2 aliphatic rings. The summed E-state index contributed by atoms with van der Waals surface area (Å²) in [7, 11) is -0.440. The van der Waals surface area contributed by atoms with E-state index in [2.05, 4.69) is 16.5 Å². The van der Waals surface area contributed by atoms with Gasteiger partial charge in [-0.3, -0.25) is 9.52 Å². The van der Waals surface area contributed by atoms with E-state index in [1.54, 1.807) is 24.3 Å². The Kier molecular flexibility index (Phi) is 6.18. The summed E-state index contributed by atoms with van der Waals surface area (Å²) in [6.07, 6.45) is 2.95. The number of anilines is 1. The minimum atomic E-state index is -3.89. The maximum Gasteiger partial charge on any atom is 0.265 e. The number of nitrogens with zero attached hydrogens (tertiary/aromatic N) is 1. The Morgan fingerprint density at radius 2 is 1.91 bits per heavy atom. The SMILES string of the molecule is CCN(C)CCOc1cc(NS(=O)(=O)c2ccccc2OC)cc2c1CC(=O)C21CCC1. The third-order valence-electron chi connectivity index (χ3n) is 6.68. The van der Waals surface area contributed by atoms with Gasteiger partial charge in [0.05, 0.1) is 18.2 Å². The fraction of sp³-hybridized carbons (Fsp3) is 0.458. The summed E-state index contributed by atoms with van der Waals surface area (Å²) in [4.78, 5) is 15.1. The summed E-state index contributed by atoms with van der Waals surface area (Å²) < 4.78 is 40.3. The second-order valence-corrected chi connectivity index (χ2v) is 10.2. The zero-order valence-corrected chi connectivity index (χ0v) is 19.6. The lowest BCUT2D eigenvalue weighted by molar-refractivity contribution is -0.125. The van der Waals surface area contributed by atoms with E-state index in [4.69, 9.17) is 9.47 Å². The van der Waals surface area contributed by atoms with Gasteiger partial charge in [-0.15, -0.1) is 0 Å². The molecule has 2 aromatic rings. The van der Waals surface area contributed by atoms with E-state index in [1.165, 1.54) is 13.2 Å². The Bertz CT molecular complexity index is 1130. The van der Waals surface area contributed by atoms with Gasteiger partial charge in [-0.1, -0.05) is 25.5 Å². The van der Waals surface area contributed by atoms with Gasteiger partial charge >= 0.3 is 0 Å². The van der Waals surface area contributed by atoms with Gasteiger partial charge in [-0.25, -0.2) is 8.42 Å². The molecule has 1 saturated carbocycles. The zero-order valence-electron chi connectivity index (χ0n) is 18.8. The number of methoxy groups -OCH3 is 1. The predicted molar refractivity (Wildman–Crippen MR) is 123 cm³/mol. The Morgan fingerprint density at radius 3 is 2.56 bits per heavy atom. The first kappa shape index (κ1) is 22.6. The third-order valence-corrected chi connectivity index (χ3v) is 8.10. The lowest BCUT2D eigenvalue weighted by Gasteiger charge is -2.37. The number of ether oxygens (including phenoxy) is 2. The molecule has 172 valence electrons. The van der Waals surface area contributed by atoms with Crippen molar-refractivity contribution in [2.75, 3.05) is 38.6 Å². The van der Waals surface area contributed by atoms with Crippen molar-refractivity contribution in [3.05, 3.63) is 47.5 Å². The van der Waals surface area contributed by atoms with Crippen molar-refractivity contribution in [3.63, 3.8) is 0 Å². The molecule has 0 unspecified atom stereocenters. The number of fused-ring (bicyclic) bond motifs is 2. The molecule has 1 fully saturated rings. The van der Waals surface area contributed by atoms with Gasteiger partial charge < -0.3 is 14.4 Å². The van der Waals surface area contributed by atoms with Crippen LogP contribution in [0, 0.1) is 0 Å². The molecule has 0 radical (unpaired) electrons. The molecule has 7 nitrogen and oxygen atoms in total. The van der Waals surface area contributed by atoms with Gasteiger partial charge in [-0.2, -0.15) is 0 Å². The summed E-state index contributed by atoms with van der Waals surface area (Å²) in [6.45, 7) is 4.17. The standard InChI is InChI=1S/C24H30N2O5S/c1-4-26(2)12-13-31-21-15-17(14-19-18(21)16-23(27)24(19)10-7-11-24)25-32(28,29)22-9-6-5-8-20(22)30-3/h5-6,8-9,14-15,25H,4,7,10-13,16H2,1-3H3. The van der Waals surface area contributed by atoms with Crippen LogP contribution in [-0.2, 0) is 26.7 Å². The number of hydrogen-bond acceptors (Lipinski definition) is 6. The zero-order chi connectivity index (χ0) is 22.9. The van der Waals surface area contributed by atoms with Crippen molar-refractivity contribution in [1.82, 2.24) is 4.90 Å². The molecule has 32 heavy (non-hydrogen) atoms. The van der Waals surface area contributed by atoms with E-state index >= 15 is 0 Å². The van der Waals surface area contributed by atoms with E-state index in [1.807, 2.05) is 13.1 Å². The van der Waals surface area contributed by atoms with Crippen LogP contribution in [0.15, 0.2) is 41.3 Å². The van der Waals surface area contributed by atoms with Crippen LogP contribution in [0.4, 0.5) is 5.69 Å². The molecule has 1 N–H and O–H groups in total. The highest BCUT2D eigenvalue weighted by atomic mass is 32.2. The monoisotopic (exact) mass is 458 g/mol. The number of hydrogen-bond donors (Lipinski definition) is 1. The van der Waals surface area contributed by atoms with Crippen molar-refractivity contribution in [1.29, 1.82) is 0 Å². The lowest BCUT2D eigenvalue weighted by Crippen LogP contribution is -2.39. The summed E-state index contributed by atoms with van der Waals surface area (Å²) in [5.41, 5.74) is 1.72. The topological polar surface area (TPSA) is 84.9 Å². The van der Waals surface area contributed by atoms with E-state index in [-0.39, 0.29) is 16.4 Å². The molecular weight excluding hydrogens is 428 g/mol. The van der Waals surface area contributed by atoms with Crippen LogP contribution in [0.25, 0.3) is 0 Å². The van der Waals surface area contributed by atoms with E-state index in [0.717, 1.165) is 43.5 Å². The second-order valence-electron chi connectivity index (χ2n) is 8.54. The van der Waals surface area contributed by atoms with Gasteiger partial charge in [0.1, 0.15) is 28.8 Å². The molecule has 4 rings (SSSR count). The van der Waals surface area contributed by atoms with Crippen LogP contribution in [0.2, 0.25) is 0 Å². The number of sulfonamides is 1. The second kappa shape index (κ2) is 8.75. The van der Waals surface area contributed by atoms with Gasteiger partial charge in [0.25, 0.3) is 10.0 Å². The predicted octanol–water partition coefficient (Wildman–Crippen LogP) is 3.37. The average Bonchev–Trinajstić information content (AvgIpc) is 3.05. The third kappa shape index (κ3) is 3.97. The molecule has 8 heteroatoms. The molecule has 2 aliphatic carbocycles. The van der Waals surface area contributed by atoms with Gasteiger partial charge in [0.15, 0.2) is 0 Å². The first-order valence-corrected chi connectivity index (χ1v) is 12.5. The Hall–Kier alpha value is -2.58. The van der Waals surface area contributed by atoms with Crippen LogP contribution >= 0.6 is 0 Å². The number of rotatable bonds is 9. The minimum Gasteiger partial charge on any atom is -0.495 e. The van der Waals surface area contributed by atoms with Crippen molar-refractivity contribution in [3.8, 4) is 11.5 Å². The lowest BCUT2D eigenvalue weighted by atomic mass is 9.64. The van der Waals surface area contributed by atoms with E-state index in [0.29, 0.717) is 24.5 Å². The number of benzene rings is 2. The number of Topliss-reactive ketones (excluding diaryl/α,β-unsaturated/α-hetero) is 1. The van der Waals surface area contributed by atoms with Crippen LogP contribution in [0.5, 0.6) is 11.5 Å². The smallest absolute Gasteiger partial charge is 0.265 e. The summed E-state index contributed by atoms with van der Waals surface area (Å²) in [6, 6.07) is 10.0. The molecule has 0 saturated heterocycles. The highest BCUT2D eigenvalue weighted by Gasteiger charge is 2.51. The number of likely N-dealkylation sites (N-methyl/N-ethyl adjacent to an activating group) is 1. The maximum atomic E-state index is 13.1. The van der Waals surface area contributed by atoms with Crippen molar-refractivity contribution < 1.29 is 22.7 Å². The van der Waals surface area contributed by atoms with Crippen molar-refractivity contribution >= 4 is 21.5 Å².